The van der Waals surface area contributed by atoms with Crippen LogP contribution in [0.3, 0.4) is 0 Å². The van der Waals surface area contributed by atoms with E-state index in [1.165, 1.54) is 5.56 Å². The minimum Gasteiger partial charge on any atom is -0.497 e. The minimum atomic E-state index is -0.405. The van der Waals surface area contributed by atoms with Gasteiger partial charge in [0.2, 0.25) is 5.91 Å². The van der Waals surface area contributed by atoms with Crippen molar-refractivity contribution in [1.29, 1.82) is 0 Å². The standard InChI is InChI=1S/C23H28N2O2.ClH/c1-27-19-11-9-18(10-12-19)23(13-5-6-14-23)22(26)25-15-20(21(24)16-25)17-7-3-2-4-8-17;/h2-4,7-12,20-21H,5-6,13-16,24H2,1H3;1H/t20-,21+;/m0./s1. The van der Waals surface area contributed by atoms with Crippen LogP contribution in [0, 0.1) is 0 Å². The first kappa shape index (κ1) is 20.7. The second-order valence-corrected chi connectivity index (χ2v) is 7.91. The van der Waals surface area contributed by atoms with E-state index < -0.39 is 5.41 Å². The molecule has 4 rings (SSSR count). The molecule has 2 N–H and O–H groups in total. The second kappa shape index (κ2) is 8.54. The van der Waals surface area contributed by atoms with E-state index in [-0.39, 0.29) is 30.3 Å². The molecular weight excluding hydrogens is 372 g/mol. The Hall–Kier alpha value is -2.04. The highest BCUT2D eigenvalue weighted by atomic mass is 35.5. The van der Waals surface area contributed by atoms with Crippen LogP contribution in [-0.4, -0.2) is 37.0 Å². The van der Waals surface area contributed by atoms with Gasteiger partial charge in [0, 0.05) is 25.0 Å². The van der Waals surface area contributed by atoms with Crippen LogP contribution in [0.25, 0.3) is 0 Å². The number of amides is 1. The first-order chi connectivity index (χ1) is 13.1. The Labute approximate surface area is 173 Å². The number of hydrogen-bond donors (Lipinski definition) is 1. The van der Waals surface area contributed by atoms with E-state index in [9.17, 15) is 4.79 Å². The molecule has 150 valence electrons. The van der Waals surface area contributed by atoms with Crippen LogP contribution in [0.2, 0.25) is 0 Å². The molecule has 0 bridgehead atoms. The second-order valence-electron chi connectivity index (χ2n) is 7.91. The lowest BCUT2D eigenvalue weighted by Gasteiger charge is -2.33. The zero-order valence-electron chi connectivity index (χ0n) is 16.3. The number of ether oxygens (including phenoxy) is 1. The molecule has 28 heavy (non-hydrogen) atoms. The number of carbonyl (C=O) groups is 1. The first-order valence-electron chi connectivity index (χ1n) is 9.88. The Morgan fingerprint density at radius 3 is 2.29 bits per heavy atom. The highest BCUT2D eigenvalue weighted by Gasteiger charge is 2.47. The molecule has 1 heterocycles. The van der Waals surface area contributed by atoms with Crippen LogP contribution in [0.4, 0.5) is 0 Å². The van der Waals surface area contributed by atoms with E-state index in [0.29, 0.717) is 13.1 Å². The summed E-state index contributed by atoms with van der Waals surface area (Å²) in [4.78, 5) is 15.7. The van der Waals surface area contributed by atoms with Crippen LogP contribution >= 0.6 is 12.4 Å². The predicted octanol–water partition coefficient (Wildman–Crippen LogP) is 3.88. The average Bonchev–Trinajstić information content (AvgIpc) is 3.36. The van der Waals surface area contributed by atoms with E-state index in [2.05, 4.69) is 24.3 Å². The third-order valence-electron chi connectivity index (χ3n) is 6.39. The van der Waals surface area contributed by atoms with Crippen LogP contribution in [0.5, 0.6) is 5.75 Å². The zero-order chi connectivity index (χ0) is 18.9. The molecule has 2 fully saturated rings. The van der Waals surface area contributed by atoms with E-state index >= 15 is 0 Å². The van der Waals surface area contributed by atoms with Crippen molar-refractivity contribution in [2.24, 2.45) is 5.73 Å². The third-order valence-corrected chi connectivity index (χ3v) is 6.39. The lowest BCUT2D eigenvalue weighted by molar-refractivity contribution is -0.136. The van der Waals surface area contributed by atoms with Gasteiger partial charge in [-0.05, 0) is 36.1 Å². The highest BCUT2D eigenvalue weighted by molar-refractivity contribution is 5.89. The molecule has 2 aromatic carbocycles. The summed E-state index contributed by atoms with van der Waals surface area (Å²) < 4.78 is 5.29. The van der Waals surface area contributed by atoms with E-state index in [4.69, 9.17) is 10.5 Å². The van der Waals surface area contributed by atoms with Crippen molar-refractivity contribution >= 4 is 18.3 Å². The maximum atomic E-state index is 13.7. The summed E-state index contributed by atoms with van der Waals surface area (Å²) in [6, 6.07) is 18.4. The number of nitrogens with two attached hydrogens (primary N) is 1. The fraction of sp³-hybridized carbons (Fsp3) is 0.435. The van der Waals surface area contributed by atoms with Crippen LogP contribution in [0.1, 0.15) is 42.7 Å². The number of carbonyl (C=O) groups excluding carboxylic acids is 1. The molecule has 1 aliphatic heterocycles. The number of benzene rings is 2. The van der Waals surface area contributed by atoms with Crippen molar-refractivity contribution in [2.45, 2.75) is 43.1 Å². The molecule has 0 unspecified atom stereocenters. The lowest BCUT2D eigenvalue weighted by Crippen LogP contribution is -2.45. The van der Waals surface area contributed by atoms with Gasteiger partial charge >= 0.3 is 0 Å². The van der Waals surface area contributed by atoms with Gasteiger partial charge in [0.25, 0.3) is 0 Å². The van der Waals surface area contributed by atoms with E-state index in [1.807, 2.05) is 35.2 Å². The molecule has 5 heteroatoms. The van der Waals surface area contributed by atoms with Gasteiger partial charge < -0.3 is 15.4 Å². The van der Waals surface area contributed by atoms with Gasteiger partial charge in [-0.1, -0.05) is 55.3 Å². The maximum absolute atomic E-state index is 13.7. The first-order valence-corrected chi connectivity index (χ1v) is 9.88. The quantitative estimate of drug-likeness (QED) is 0.847. The van der Waals surface area contributed by atoms with Gasteiger partial charge in [-0.25, -0.2) is 0 Å². The Kier molecular flexibility index (Phi) is 6.31. The molecule has 0 aromatic heterocycles. The zero-order valence-corrected chi connectivity index (χ0v) is 17.2. The molecule has 0 radical (unpaired) electrons. The number of halogens is 1. The molecular formula is C23H29ClN2O2. The van der Waals surface area contributed by atoms with Crippen LogP contribution in [-0.2, 0) is 10.2 Å². The summed E-state index contributed by atoms with van der Waals surface area (Å²) in [5, 5.41) is 0. The summed E-state index contributed by atoms with van der Waals surface area (Å²) in [6.07, 6.45) is 4.03. The van der Waals surface area contributed by atoms with Gasteiger partial charge in [-0.15, -0.1) is 12.4 Å². The lowest BCUT2D eigenvalue weighted by atomic mass is 9.77. The Balaban J connectivity index is 0.00000225. The number of likely N-dealkylation sites (tertiary alicyclic amines) is 1. The Morgan fingerprint density at radius 1 is 1.04 bits per heavy atom. The van der Waals surface area contributed by atoms with Gasteiger partial charge in [-0.2, -0.15) is 0 Å². The van der Waals surface area contributed by atoms with Crippen molar-refractivity contribution in [1.82, 2.24) is 4.90 Å². The largest absolute Gasteiger partial charge is 0.497 e. The molecule has 2 atom stereocenters. The average molecular weight is 401 g/mol. The summed E-state index contributed by atoms with van der Waals surface area (Å²) in [5.74, 6) is 1.29. The van der Waals surface area contributed by atoms with Crippen LogP contribution in [0.15, 0.2) is 54.6 Å². The molecule has 2 aromatic rings. The number of rotatable bonds is 4. The summed E-state index contributed by atoms with van der Waals surface area (Å²) in [7, 11) is 1.67. The molecule has 0 spiro atoms. The summed E-state index contributed by atoms with van der Waals surface area (Å²) in [5.41, 5.74) is 8.38. The number of methoxy groups -OCH3 is 1. The fourth-order valence-electron chi connectivity index (χ4n) is 4.87. The van der Waals surface area contributed by atoms with Gasteiger partial charge in [0.05, 0.1) is 12.5 Å². The molecule has 2 aliphatic rings. The normalized spacial score (nSPS) is 23.3. The molecule has 1 saturated carbocycles. The summed E-state index contributed by atoms with van der Waals surface area (Å²) in [6.45, 7) is 1.35. The van der Waals surface area contributed by atoms with Crippen molar-refractivity contribution < 1.29 is 9.53 Å². The third kappa shape index (κ3) is 3.63. The highest BCUT2D eigenvalue weighted by Crippen LogP contribution is 2.44. The van der Waals surface area contributed by atoms with Crippen molar-refractivity contribution in [3.63, 3.8) is 0 Å². The topological polar surface area (TPSA) is 55.6 Å². The fourth-order valence-corrected chi connectivity index (χ4v) is 4.87. The van der Waals surface area contributed by atoms with Gasteiger partial charge in [0.1, 0.15) is 5.75 Å². The molecule has 1 aliphatic carbocycles. The predicted molar refractivity (Wildman–Crippen MR) is 114 cm³/mol. The minimum absolute atomic E-state index is 0. The number of hydrogen-bond acceptors (Lipinski definition) is 3. The van der Waals surface area contributed by atoms with Crippen molar-refractivity contribution in [3.05, 3.63) is 65.7 Å². The van der Waals surface area contributed by atoms with Gasteiger partial charge in [-0.3, -0.25) is 4.79 Å². The van der Waals surface area contributed by atoms with E-state index in [0.717, 1.165) is 37.0 Å². The molecule has 4 nitrogen and oxygen atoms in total. The SMILES string of the molecule is COc1ccc(C2(C(=O)N3C[C@@H](N)[C@H](c4ccccc4)C3)CCCC2)cc1.Cl. The van der Waals surface area contributed by atoms with E-state index in [1.54, 1.807) is 7.11 Å². The summed E-state index contributed by atoms with van der Waals surface area (Å²) >= 11 is 0. The smallest absolute Gasteiger partial charge is 0.233 e. The van der Waals surface area contributed by atoms with Crippen molar-refractivity contribution in [3.8, 4) is 5.75 Å². The Morgan fingerprint density at radius 2 is 1.68 bits per heavy atom. The van der Waals surface area contributed by atoms with Crippen LogP contribution < -0.4 is 10.5 Å². The monoisotopic (exact) mass is 400 g/mol. The number of nitrogens with zero attached hydrogens (tertiary/aromatic N) is 1. The van der Waals surface area contributed by atoms with Crippen molar-refractivity contribution in [2.75, 3.05) is 20.2 Å². The van der Waals surface area contributed by atoms with Gasteiger partial charge in [0.15, 0.2) is 0 Å². The molecule has 1 saturated heterocycles. The Bertz CT molecular complexity index is 788. The molecule has 1 amide bonds. The maximum Gasteiger partial charge on any atom is 0.233 e.